The molecule has 1 atom stereocenters. The van der Waals surface area contributed by atoms with E-state index in [1.807, 2.05) is 32.0 Å². The van der Waals surface area contributed by atoms with Crippen LogP contribution in [0.2, 0.25) is 0 Å². The molecule has 0 saturated heterocycles. The molecule has 3 nitrogen and oxygen atoms in total. The lowest BCUT2D eigenvalue weighted by atomic mass is 9.94. The Labute approximate surface area is 96.6 Å². The van der Waals surface area contributed by atoms with Gasteiger partial charge in [0, 0.05) is 12.5 Å². The second-order valence-electron chi connectivity index (χ2n) is 3.91. The maximum Gasteiger partial charge on any atom is 0.170 e. The van der Waals surface area contributed by atoms with Gasteiger partial charge < -0.3 is 10.5 Å². The zero-order valence-electron chi connectivity index (χ0n) is 10.1. The van der Waals surface area contributed by atoms with E-state index in [9.17, 15) is 4.79 Å². The third-order valence-corrected chi connectivity index (χ3v) is 2.77. The minimum absolute atomic E-state index is 0.0746. The summed E-state index contributed by atoms with van der Waals surface area (Å²) >= 11 is 0. The van der Waals surface area contributed by atoms with Crippen molar-refractivity contribution in [1.82, 2.24) is 0 Å². The first kappa shape index (κ1) is 12.7. The molecule has 2 N–H and O–H groups in total. The molecule has 1 aromatic rings. The van der Waals surface area contributed by atoms with Crippen molar-refractivity contribution < 1.29 is 9.53 Å². The average molecular weight is 221 g/mol. The van der Waals surface area contributed by atoms with Gasteiger partial charge in [0.25, 0.3) is 0 Å². The maximum absolute atomic E-state index is 12.2. The molecule has 0 aliphatic heterocycles. The van der Waals surface area contributed by atoms with E-state index in [4.69, 9.17) is 10.5 Å². The minimum atomic E-state index is -0.115. The van der Waals surface area contributed by atoms with E-state index in [-0.39, 0.29) is 11.7 Å². The summed E-state index contributed by atoms with van der Waals surface area (Å²) in [6.45, 7) is 4.31. The van der Waals surface area contributed by atoms with Gasteiger partial charge in [0.2, 0.25) is 0 Å². The van der Waals surface area contributed by atoms with Gasteiger partial charge in [0.15, 0.2) is 5.78 Å². The number of benzene rings is 1. The molecular weight excluding hydrogens is 202 g/mol. The maximum atomic E-state index is 12.2. The fourth-order valence-corrected chi connectivity index (χ4v) is 1.69. The molecule has 0 aromatic heterocycles. The van der Waals surface area contributed by atoms with Crippen LogP contribution in [0.3, 0.4) is 0 Å². The van der Waals surface area contributed by atoms with E-state index in [0.29, 0.717) is 17.9 Å². The lowest BCUT2D eigenvalue weighted by Gasteiger charge is -2.14. The van der Waals surface area contributed by atoms with Crippen LogP contribution in [0.4, 0.5) is 0 Å². The summed E-state index contributed by atoms with van der Waals surface area (Å²) in [4.78, 5) is 12.2. The molecule has 1 unspecified atom stereocenters. The molecule has 0 bridgehead atoms. The molecule has 0 saturated carbocycles. The van der Waals surface area contributed by atoms with Gasteiger partial charge in [0.1, 0.15) is 5.75 Å². The third-order valence-electron chi connectivity index (χ3n) is 2.77. The molecule has 88 valence electrons. The zero-order chi connectivity index (χ0) is 12.1. The highest BCUT2D eigenvalue weighted by Gasteiger charge is 2.20. The number of rotatable bonds is 5. The standard InChI is InChI=1S/C13H19NO2/c1-4-10(8-14)13(15)11-7-9(2)5-6-12(11)16-3/h5-7,10H,4,8,14H2,1-3H3. The molecule has 0 aliphatic rings. The molecule has 1 aromatic carbocycles. The normalized spacial score (nSPS) is 12.2. The molecule has 0 fully saturated rings. The highest BCUT2D eigenvalue weighted by molar-refractivity contribution is 6.00. The second kappa shape index (κ2) is 5.66. The van der Waals surface area contributed by atoms with Gasteiger partial charge in [-0.05, 0) is 25.5 Å². The predicted molar refractivity (Wildman–Crippen MR) is 64.9 cm³/mol. The highest BCUT2D eigenvalue weighted by Crippen LogP contribution is 2.23. The molecule has 3 heteroatoms. The minimum Gasteiger partial charge on any atom is -0.496 e. The van der Waals surface area contributed by atoms with Gasteiger partial charge in [-0.25, -0.2) is 0 Å². The smallest absolute Gasteiger partial charge is 0.170 e. The van der Waals surface area contributed by atoms with Crippen molar-refractivity contribution >= 4 is 5.78 Å². The first-order valence-electron chi connectivity index (χ1n) is 5.53. The number of Topliss-reactive ketones (excluding diaryl/α,β-unsaturated/α-hetero) is 1. The summed E-state index contributed by atoms with van der Waals surface area (Å²) in [7, 11) is 1.57. The Morgan fingerprint density at radius 1 is 1.50 bits per heavy atom. The van der Waals surface area contributed by atoms with Crippen LogP contribution < -0.4 is 10.5 Å². The number of carbonyl (C=O) groups is 1. The van der Waals surface area contributed by atoms with Gasteiger partial charge in [-0.1, -0.05) is 18.6 Å². The van der Waals surface area contributed by atoms with Crippen LogP contribution in [0.5, 0.6) is 5.75 Å². The monoisotopic (exact) mass is 221 g/mol. The fraction of sp³-hybridized carbons (Fsp3) is 0.462. The van der Waals surface area contributed by atoms with Crippen LogP contribution in [-0.4, -0.2) is 19.4 Å². The van der Waals surface area contributed by atoms with Crippen LogP contribution in [0, 0.1) is 12.8 Å². The van der Waals surface area contributed by atoms with Crippen molar-refractivity contribution in [3.63, 3.8) is 0 Å². The highest BCUT2D eigenvalue weighted by atomic mass is 16.5. The quantitative estimate of drug-likeness (QED) is 0.775. The van der Waals surface area contributed by atoms with Crippen LogP contribution in [0.25, 0.3) is 0 Å². The summed E-state index contributed by atoms with van der Waals surface area (Å²) < 4.78 is 5.20. The van der Waals surface area contributed by atoms with E-state index >= 15 is 0 Å². The molecule has 0 heterocycles. The molecular formula is C13H19NO2. The molecule has 0 spiro atoms. The Bertz CT molecular complexity index is 370. The fourth-order valence-electron chi connectivity index (χ4n) is 1.69. The van der Waals surface area contributed by atoms with E-state index in [1.54, 1.807) is 7.11 Å². The molecule has 0 aliphatic carbocycles. The van der Waals surface area contributed by atoms with Gasteiger partial charge in [-0.2, -0.15) is 0 Å². The number of hydrogen-bond donors (Lipinski definition) is 1. The number of nitrogens with two attached hydrogens (primary N) is 1. The number of methoxy groups -OCH3 is 1. The van der Waals surface area contributed by atoms with Crippen molar-refractivity contribution in [1.29, 1.82) is 0 Å². The zero-order valence-corrected chi connectivity index (χ0v) is 10.1. The predicted octanol–water partition coefficient (Wildman–Crippen LogP) is 2.17. The summed E-state index contributed by atoms with van der Waals surface area (Å²) in [5, 5.41) is 0. The first-order chi connectivity index (χ1) is 7.63. The second-order valence-corrected chi connectivity index (χ2v) is 3.91. The number of ketones is 1. The number of ether oxygens (including phenoxy) is 1. The third kappa shape index (κ3) is 2.61. The summed E-state index contributed by atoms with van der Waals surface area (Å²) in [5.41, 5.74) is 7.28. The number of hydrogen-bond acceptors (Lipinski definition) is 3. The number of aryl methyl sites for hydroxylation is 1. The Balaban J connectivity index is 3.10. The van der Waals surface area contributed by atoms with Crippen LogP contribution in [0.15, 0.2) is 18.2 Å². The Morgan fingerprint density at radius 2 is 2.19 bits per heavy atom. The van der Waals surface area contributed by atoms with E-state index in [2.05, 4.69) is 0 Å². The van der Waals surface area contributed by atoms with Gasteiger partial charge in [0.05, 0.1) is 12.7 Å². The van der Waals surface area contributed by atoms with Crippen molar-refractivity contribution in [2.45, 2.75) is 20.3 Å². The van der Waals surface area contributed by atoms with Crippen LogP contribution in [0.1, 0.15) is 29.3 Å². The largest absolute Gasteiger partial charge is 0.496 e. The molecule has 0 radical (unpaired) electrons. The summed E-state index contributed by atoms with van der Waals surface area (Å²) in [6.07, 6.45) is 0.756. The summed E-state index contributed by atoms with van der Waals surface area (Å²) in [6, 6.07) is 5.62. The Morgan fingerprint density at radius 3 is 2.69 bits per heavy atom. The van der Waals surface area contributed by atoms with Crippen molar-refractivity contribution in [2.24, 2.45) is 11.7 Å². The molecule has 1 rings (SSSR count). The molecule has 0 amide bonds. The van der Waals surface area contributed by atoms with Gasteiger partial charge >= 0.3 is 0 Å². The van der Waals surface area contributed by atoms with Crippen LogP contribution >= 0.6 is 0 Å². The van der Waals surface area contributed by atoms with Crippen LogP contribution in [-0.2, 0) is 0 Å². The van der Waals surface area contributed by atoms with Crippen molar-refractivity contribution in [3.8, 4) is 5.75 Å². The first-order valence-corrected chi connectivity index (χ1v) is 5.53. The van der Waals surface area contributed by atoms with Crippen molar-refractivity contribution in [2.75, 3.05) is 13.7 Å². The van der Waals surface area contributed by atoms with Crippen molar-refractivity contribution in [3.05, 3.63) is 29.3 Å². The number of carbonyl (C=O) groups excluding carboxylic acids is 1. The van der Waals surface area contributed by atoms with Gasteiger partial charge in [-0.15, -0.1) is 0 Å². The van der Waals surface area contributed by atoms with E-state index in [1.165, 1.54) is 0 Å². The Kier molecular flexibility index (Phi) is 4.50. The Hall–Kier alpha value is -1.35. The van der Waals surface area contributed by atoms with E-state index in [0.717, 1.165) is 12.0 Å². The lowest BCUT2D eigenvalue weighted by Crippen LogP contribution is -2.23. The lowest BCUT2D eigenvalue weighted by molar-refractivity contribution is 0.0918. The average Bonchev–Trinajstić information content (AvgIpc) is 2.30. The summed E-state index contributed by atoms with van der Waals surface area (Å²) in [5.74, 6) is 0.587. The SMILES string of the molecule is CCC(CN)C(=O)c1cc(C)ccc1OC. The van der Waals surface area contributed by atoms with E-state index < -0.39 is 0 Å². The topological polar surface area (TPSA) is 52.3 Å². The van der Waals surface area contributed by atoms with Gasteiger partial charge in [-0.3, -0.25) is 4.79 Å². The molecule has 16 heavy (non-hydrogen) atoms.